The lowest BCUT2D eigenvalue weighted by molar-refractivity contribution is -0.132. The van der Waals surface area contributed by atoms with Gasteiger partial charge in [-0.1, -0.05) is 212 Å². The molecule has 1 heterocycles. The van der Waals surface area contributed by atoms with Crippen LogP contribution in [0.4, 0.5) is 4.39 Å². The summed E-state index contributed by atoms with van der Waals surface area (Å²) in [6.07, 6.45) is 15.1. The Morgan fingerprint density at radius 2 is 0.908 bits per heavy atom. The summed E-state index contributed by atoms with van der Waals surface area (Å²) in [5.74, 6) is -4.92. The van der Waals surface area contributed by atoms with E-state index in [0.29, 0.717) is 46.2 Å². The summed E-state index contributed by atoms with van der Waals surface area (Å²) in [4.78, 5) is 69.0. The van der Waals surface area contributed by atoms with Crippen LogP contribution in [0.15, 0.2) is 257 Å². The number of rotatable bonds is 19. The highest BCUT2D eigenvalue weighted by molar-refractivity contribution is 6.25. The molecule has 2 unspecified atom stereocenters. The molecule has 76 heavy (non-hydrogen) atoms. The van der Waals surface area contributed by atoms with Crippen molar-refractivity contribution in [1.29, 1.82) is 0 Å². The van der Waals surface area contributed by atoms with Crippen molar-refractivity contribution in [3.05, 3.63) is 297 Å². The van der Waals surface area contributed by atoms with E-state index >= 15 is 18.8 Å². The van der Waals surface area contributed by atoms with Crippen LogP contribution in [0.5, 0.6) is 0 Å². The molecule has 8 heteroatoms. The number of benzene rings is 7. The van der Waals surface area contributed by atoms with E-state index in [-0.39, 0.29) is 34.5 Å². The third-order valence-corrected chi connectivity index (χ3v) is 13.5. The van der Waals surface area contributed by atoms with Crippen LogP contribution in [-0.2, 0) is 29.5 Å². The molecule has 0 radical (unpaired) electrons. The van der Waals surface area contributed by atoms with Gasteiger partial charge >= 0.3 is 5.97 Å². The molecule has 0 bridgehead atoms. The zero-order valence-corrected chi connectivity index (χ0v) is 41.8. The maximum absolute atomic E-state index is 16.4. The minimum Gasteiger partial charge on any atom is -0.478 e. The molecule has 1 saturated carbocycles. The molecule has 1 aliphatic carbocycles. The molecule has 7 aromatic rings. The average Bonchev–Trinajstić information content (AvgIpc) is 4.36. The van der Waals surface area contributed by atoms with Crippen molar-refractivity contribution in [3.63, 3.8) is 0 Å². The molecular formula is C68H54FNO6. The lowest BCUT2D eigenvalue weighted by atomic mass is 9.48. The Bertz CT molecular complexity index is 3480. The second-order valence-corrected chi connectivity index (χ2v) is 18.4. The first-order valence-electron chi connectivity index (χ1n) is 25.2. The number of carbonyl (C=O) groups is 4. The van der Waals surface area contributed by atoms with Crippen molar-refractivity contribution >= 4 is 65.7 Å². The van der Waals surface area contributed by atoms with E-state index in [0.717, 1.165) is 0 Å². The minimum atomic E-state index is -2.23. The molecule has 1 fully saturated rings. The molecule has 7 aromatic carbocycles. The van der Waals surface area contributed by atoms with Crippen molar-refractivity contribution < 1.29 is 33.4 Å². The van der Waals surface area contributed by atoms with E-state index in [4.69, 9.17) is 9.73 Å². The van der Waals surface area contributed by atoms with Crippen molar-refractivity contribution in [2.75, 3.05) is 6.61 Å². The van der Waals surface area contributed by atoms with E-state index in [1.807, 2.05) is 170 Å². The quantitative estimate of drug-likeness (QED) is 0.0808. The Morgan fingerprint density at radius 3 is 1.32 bits per heavy atom. The highest BCUT2D eigenvalue weighted by Crippen LogP contribution is 2.70. The number of ketones is 3. The van der Waals surface area contributed by atoms with Crippen molar-refractivity contribution in [1.82, 2.24) is 0 Å². The van der Waals surface area contributed by atoms with Gasteiger partial charge in [0.1, 0.15) is 16.9 Å². The van der Waals surface area contributed by atoms with Crippen molar-refractivity contribution in [2.45, 2.75) is 25.3 Å². The maximum Gasteiger partial charge on any atom is 0.341 e. The van der Waals surface area contributed by atoms with Crippen LogP contribution in [-0.4, -0.2) is 40.9 Å². The summed E-state index contributed by atoms with van der Waals surface area (Å²) in [6.45, 7) is 1.59. The molecule has 1 N–H and O–H groups in total. The zero-order valence-electron chi connectivity index (χ0n) is 41.8. The number of hydrogen-bond acceptors (Lipinski definition) is 6. The van der Waals surface area contributed by atoms with Crippen molar-refractivity contribution in [3.8, 4) is 0 Å². The summed E-state index contributed by atoms with van der Waals surface area (Å²) in [7, 11) is 0. The van der Waals surface area contributed by atoms with Gasteiger partial charge in [0.05, 0.1) is 12.0 Å². The monoisotopic (exact) mass is 999 g/mol. The van der Waals surface area contributed by atoms with E-state index in [2.05, 4.69) is 0 Å². The molecule has 1 aliphatic heterocycles. The van der Waals surface area contributed by atoms with Crippen LogP contribution in [0.1, 0.15) is 58.7 Å². The van der Waals surface area contributed by atoms with Crippen LogP contribution in [0.3, 0.4) is 0 Å². The van der Waals surface area contributed by atoms with Crippen LogP contribution in [0, 0.1) is 17.2 Å². The smallest absolute Gasteiger partial charge is 0.341 e. The van der Waals surface area contributed by atoms with Crippen LogP contribution < -0.4 is 0 Å². The van der Waals surface area contributed by atoms with E-state index in [9.17, 15) is 9.90 Å². The molecular weight excluding hydrogens is 946 g/mol. The Kier molecular flexibility index (Phi) is 16.0. The molecule has 0 amide bonds. The SMILES string of the molecule is CCOC1=NC(C(=Cc2ccccc2)C(=O)C=Cc2ccccc2)(c2ccc(F)cc2)C(C(=Cc2ccccc2)C(=O)C=Cc2ccccc2)(C2CC2)C(C(=Cc2ccccc2)C(=O)C=Cc2ccccc2)=C1C(=O)O. The standard InChI is InChI=1S/C68H54FNO6/c1-2-76-65-63(66(74)75)64(57(45-51-27-15-6-16-28-51)60(71)42-33-48-21-9-3-10-22-48)67(54-36-37-54,58(46-52-29-17-7-18-30-52)61(72)43-34-49-23-11-4-12-24-49)68(70-65,55-38-40-56(69)41-39-55)59(47-53-31-19-8-20-32-53)62(73)44-35-50-25-13-5-14-26-50/h3-35,38-47,54H,2,36-37H2,1H3,(H,74,75). The minimum absolute atomic E-state index is 0.00586. The van der Waals surface area contributed by atoms with Gasteiger partial charge in [-0.2, -0.15) is 0 Å². The number of aliphatic carboxylic acids is 1. The Labute approximate surface area is 442 Å². The van der Waals surface area contributed by atoms with Gasteiger partial charge in [-0.15, -0.1) is 0 Å². The topological polar surface area (TPSA) is 110 Å². The number of dihydropyridines is 1. The van der Waals surface area contributed by atoms with Gasteiger partial charge in [-0.25, -0.2) is 14.2 Å². The molecule has 2 aliphatic rings. The maximum atomic E-state index is 16.4. The number of aliphatic imine (C=N–C) groups is 1. The molecule has 374 valence electrons. The summed E-state index contributed by atoms with van der Waals surface area (Å²) in [6, 6.07) is 60.7. The van der Waals surface area contributed by atoms with Gasteiger partial charge in [-0.3, -0.25) is 14.4 Å². The molecule has 9 rings (SSSR count). The third-order valence-electron chi connectivity index (χ3n) is 13.5. The summed E-state index contributed by atoms with van der Waals surface area (Å²) in [5, 5.41) is 12.0. The van der Waals surface area contributed by atoms with Gasteiger partial charge in [-0.05, 0) is 119 Å². The molecule has 0 aromatic heterocycles. The normalized spacial score (nSPS) is 18.2. The van der Waals surface area contributed by atoms with E-state index in [1.54, 1.807) is 55.5 Å². The van der Waals surface area contributed by atoms with Gasteiger partial charge in [0.15, 0.2) is 17.3 Å². The molecule has 2 atom stereocenters. The third kappa shape index (κ3) is 11.1. The second kappa shape index (κ2) is 23.6. The predicted molar refractivity (Wildman–Crippen MR) is 302 cm³/mol. The highest BCUT2D eigenvalue weighted by Gasteiger charge is 2.70. The number of halogens is 1. The predicted octanol–water partition coefficient (Wildman–Crippen LogP) is 14.3. The lowest BCUT2D eigenvalue weighted by Crippen LogP contribution is -2.57. The first kappa shape index (κ1) is 51.5. The zero-order chi connectivity index (χ0) is 52.9. The number of ether oxygens (including phenoxy) is 1. The fraction of sp³-hybridized carbons (Fsp3) is 0.103. The van der Waals surface area contributed by atoms with Crippen LogP contribution >= 0.6 is 0 Å². The summed E-state index contributed by atoms with van der Waals surface area (Å²) in [5.41, 5.74) is -0.952. The van der Waals surface area contributed by atoms with E-state index < -0.39 is 57.5 Å². The Hall–Kier alpha value is -9.40. The second-order valence-electron chi connectivity index (χ2n) is 18.4. The van der Waals surface area contributed by atoms with Crippen LogP contribution in [0.25, 0.3) is 36.5 Å². The number of allylic oxidation sites excluding steroid dienone is 4. The van der Waals surface area contributed by atoms with Gasteiger partial charge in [0.2, 0.25) is 5.90 Å². The average molecular weight is 1000 g/mol. The first-order valence-corrected chi connectivity index (χ1v) is 25.2. The highest BCUT2D eigenvalue weighted by atomic mass is 19.1. The van der Waals surface area contributed by atoms with Crippen molar-refractivity contribution in [2.24, 2.45) is 16.3 Å². The van der Waals surface area contributed by atoms with E-state index in [1.165, 1.54) is 42.5 Å². The number of carbonyl (C=O) groups excluding carboxylic acids is 3. The Morgan fingerprint density at radius 1 is 0.526 bits per heavy atom. The number of nitrogens with zero attached hydrogens (tertiary/aromatic N) is 1. The largest absolute Gasteiger partial charge is 0.478 e. The number of carboxylic acid groups (broad SMARTS) is 1. The number of hydrogen-bond donors (Lipinski definition) is 1. The fourth-order valence-corrected chi connectivity index (χ4v) is 10.2. The summed E-state index contributed by atoms with van der Waals surface area (Å²) < 4.78 is 22.2. The van der Waals surface area contributed by atoms with Crippen LogP contribution in [0.2, 0.25) is 0 Å². The van der Waals surface area contributed by atoms with Gasteiger partial charge < -0.3 is 9.84 Å². The molecule has 7 nitrogen and oxygen atoms in total. The first-order chi connectivity index (χ1) is 37.1. The van der Waals surface area contributed by atoms with Gasteiger partial charge in [0.25, 0.3) is 0 Å². The lowest BCUT2D eigenvalue weighted by Gasteiger charge is -2.55. The molecule has 0 saturated heterocycles. The summed E-state index contributed by atoms with van der Waals surface area (Å²) >= 11 is 0. The fourth-order valence-electron chi connectivity index (χ4n) is 10.2. The number of carboxylic acids is 1. The van der Waals surface area contributed by atoms with Gasteiger partial charge in [0, 0.05) is 16.7 Å². The molecule has 0 spiro atoms. The Balaban J connectivity index is 1.54.